The van der Waals surface area contributed by atoms with Crippen LogP contribution in [0.2, 0.25) is 0 Å². The number of methoxy groups -OCH3 is 1. The largest absolute Gasteiger partial charge is 0.380 e. The maximum Gasteiger partial charge on any atom is 0.0744 e. The molecule has 0 radical (unpaired) electrons. The molecule has 2 aromatic rings. The second-order valence-electron chi connectivity index (χ2n) is 4.66. The Morgan fingerprint density at radius 3 is 2.85 bits per heavy atom. The standard InChI is InChI=1S/C15H20BrN3O/c1-4-11-8-12(19(2)18-11)9-17-15-7-5-6-14(16)13(15)10-20-3/h5-8,17H,4,9-10H2,1-3H3. The van der Waals surface area contributed by atoms with Crippen molar-refractivity contribution in [2.24, 2.45) is 7.05 Å². The molecule has 2 rings (SSSR count). The number of aromatic nitrogens is 2. The van der Waals surface area contributed by atoms with Crippen molar-refractivity contribution < 1.29 is 4.74 Å². The van der Waals surface area contributed by atoms with Gasteiger partial charge in [-0.15, -0.1) is 0 Å². The Morgan fingerprint density at radius 2 is 2.20 bits per heavy atom. The molecule has 1 aromatic heterocycles. The van der Waals surface area contributed by atoms with Crippen LogP contribution in [0.1, 0.15) is 23.9 Å². The monoisotopic (exact) mass is 337 g/mol. The molecule has 0 spiro atoms. The molecule has 1 aromatic carbocycles. The molecule has 1 heterocycles. The summed E-state index contributed by atoms with van der Waals surface area (Å²) in [5, 5.41) is 7.92. The van der Waals surface area contributed by atoms with Gasteiger partial charge in [0.2, 0.25) is 0 Å². The third kappa shape index (κ3) is 3.41. The average molecular weight is 338 g/mol. The number of ether oxygens (including phenoxy) is 1. The molecule has 20 heavy (non-hydrogen) atoms. The van der Waals surface area contributed by atoms with E-state index in [2.05, 4.69) is 45.4 Å². The van der Waals surface area contributed by atoms with Crippen molar-refractivity contribution in [2.75, 3.05) is 12.4 Å². The first-order valence-electron chi connectivity index (χ1n) is 6.67. The molecule has 0 bridgehead atoms. The summed E-state index contributed by atoms with van der Waals surface area (Å²) >= 11 is 3.57. The van der Waals surface area contributed by atoms with Crippen LogP contribution in [0.3, 0.4) is 0 Å². The third-order valence-corrected chi connectivity index (χ3v) is 4.00. The van der Waals surface area contributed by atoms with Gasteiger partial charge in [-0.1, -0.05) is 28.9 Å². The Morgan fingerprint density at radius 1 is 1.40 bits per heavy atom. The molecule has 5 heteroatoms. The van der Waals surface area contributed by atoms with Crippen LogP contribution < -0.4 is 5.32 Å². The molecule has 1 N–H and O–H groups in total. The molecule has 0 aliphatic heterocycles. The number of benzene rings is 1. The van der Waals surface area contributed by atoms with E-state index in [9.17, 15) is 0 Å². The molecular formula is C15H20BrN3O. The minimum atomic E-state index is 0.579. The molecule has 0 saturated heterocycles. The summed E-state index contributed by atoms with van der Waals surface area (Å²) in [5.41, 5.74) is 4.51. The van der Waals surface area contributed by atoms with Gasteiger partial charge < -0.3 is 10.1 Å². The van der Waals surface area contributed by atoms with Crippen molar-refractivity contribution in [1.82, 2.24) is 9.78 Å². The van der Waals surface area contributed by atoms with Gasteiger partial charge in [-0.3, -0.25) is 4.68 Å². The lowest BCUT2D eigenvalue weighted by Gasteiger charge is -2.13. The fourth-order valence-corrected chi connectivity index (χ4v) is 2.59. The predicted octanol–water partition coefficient (Wildman–Crippen LogP) is 3.50. The van der Waals surface area contributed by atoms with Crippen molar-refractivity contribution in [3.63, 3.8) is 0 Å². The van der Waals surface area contributed by atoms with Gasteiger partial charge in [0, 0.05) is 29.9 Å². The summed E-state index contributed by atoms with van der Waals surface area (Å²) in [5.74, 6) is 0. The Labute approximate surface area is 128 Å². The van der Waals surface area contributed by atoms with Crippen LogP contribution >= 0.6 is 15.9 Å². The van der Waals surface area contributed by atoms with Crippen LogP contribution in [0, 0.1) is 0 Å². The fourth-order valence-electron chi connectivity index (χ4n) is 2.11. The zero-order valence-electron chi connectivity index (χ0n) is 12.1. The van der Waals surface area contributed by atoms with Crippen LogP contribution in [0.5, 0.6) is 0 Å². The van der Waals surface area contributed by atoms with Crippen LogP contribution in [-0.4, -0.2) is 16.9 Å². The Kier molecular flexibility index (Phi) is 5.20. The van der Waals surface area contributed by atoms with Crippen molar-refractivity contribution >= 4 is 21.6 Å². The molecule has 0 unspecified atom stereocenters. The van der Waals surface area contributed by atoms with Crippen molar-refractivity contribution in [3.05, 3.63) is 45.7 Å². The second-order valence-corrected chi connectivity index (χ2v) is 5.51. The smallest absolute Gasteiger partial charge is 0.0744 e. The number of nitrogens with one attached hydrogen (secondary N) is 1. The van der Waals surface area contributed by atoms with Gasteiger partial charge in [0.15, 0.2) is 0 Å². The lowest BCUT2D eigenvalue weighted by atomic mass is 10.2. The van der Waals surface area contributed by atoms with Crippen LogP contribution in [0.4, 0.5) is 5.69 Å². The van der Waals surface area contributed by atoms with Crippen LogP contribution in [0.15, 0.2) is 28.7 Å². The zero-order valence-corrected chi connectivity index (χ0v) is 13.7. The van der Waals surface area contributed by atoms with Gasteiger partial charge in [0.25, 0.3) is 0 Å². The van der Waals surface area contributed by atoms with E-state index in [1.54, 1.807) is 7.11 Å². The first-order valence-corrected chi connectivity index (χ1v) is 7.47. The molecule has 0 aliphatic rings. The van der Waals surface area contributed by atoms with Gasteiger partial charge >= 0.3 is 0 Å². The first-order chi connectivity index (χ1) is 9.65. The predicted molar refractivity (Wildman–Crippen MR) is 84.8 cm³/mol. The van der Waals surface area contributed by atoms with Gasteiger partial charge in [-0.05, 0) is 24.6 Å². The molecule has 0 saturated carbocycles. The summed E-state index contributed by atoms with van der Waals surface area (Å²) < 4.78 is 8.25. The number of aryl methyl sites for hydroxylation is 2. The van der Waals surface area contributed by atoms with Crippen molar-refractivity contribution in [2.45, 2.75) is 26.5 Å². The van der Waals surface area contributed by atoms with E-state index in [-0.39, 0.29) is 0 Å². The highest BCUT2D eigenvalue weighted by molar-refractivity contribution is 9.10. The quantitative estimate of drug-likeness (QED) is 0.876. The highest BCUT2D eigenvalue weighted by Gasteiger charge is 2.08. The summed E-state index contributed by atoms with van der Waals surface area (Å²) in [4.78, 5) is 0. The van der Waals surface area contributed by atoms with Gasteiger partial charge in [-0.25, -0.2) is 0 Å². The summed E-state index contributed by atoms with van der Waals surface area (Å²) in [7, 11) is 3.69. The fraction of sp³-hybridized carbons (Fsp3) is 0.400. The molecule has 0 aliphatic carbocycles. The average Bonchev–Trinajstić information content (AvgIpc) is 2.80. The number of rotatable bonds is 6. The van der Waals surface area contributed by atoms with E-state index >= 15 is 0 Å². The topological polar surface area (TPSA) is 39.1 Å². The van der Waals surface area contributed by atoms with Gasteiger partial charge in [0.1, 0.15) is 0 Å². The van der Waals surface area contributed by atoms with Crippen LogP contribution in [-0.2, 0) is 31.4 Å². The number of anilines is 1. The Balaban J connectivity index is 2.14. The number of hydrogen-bond acceptors (Lipinski definition) is 3. The van der Waals surface area contributed by atoms with E-state index in [0.717, 1.165) is 34.4 Å². The van der Waals surface area contributed by atoms with Crippen LogP contribution in [0.25, 0.3) is 0 Å². The number of hydrogen-bond donors (Lipinski definition) is 1. The zero-order chi connectivity index (χ0) is 14.5. The van der Waals surface area contributed by atoms with E-state index in [0.29, 0.717) is 6.61 Å². The summed E-state index contributed by atoms with van der Waals surface area (Å²) in [6.45, 7) is 3.44. The number of halogens is 1. The Bertz CT molecular complexity index is 580. The van der Waals surface area contributed by atoms with E-state index in [4.69, 9.17) is 4.74 Å². The molecule has 0 amide bonds. The van der Waals surface area contributed by atoms with Crippen molar-refractivity contribution in [1.29, 1.82) is 0 Å². The summed E-state index contributed by atoms with van der Waals surface area (Å²) in [6, 6.07) is 8.25. The molecule has 108 valence electrons. The Hall–Kier alpha value is -1.33. The summed E-state index contributed by atoms with van der Waals surface area (Å²) in [6.07, 6.45) is 0.958. The van der Waals surface area contributed by atoms with E-state index < -0.39 is 0 Å². The van der Waals surface area contributed by atoms with E-state index in [1.807, 2.05) is 23.9 Å². The van der Waals surface area contributed by atoms with E-state index in [1.165, 1.54) is 5.69 Å². The van der Waals surface area contributed by atoms with Gasteiger partial charge in [0.05, 0.1) is 24.5 Å². The molecule has 0 atom stereocenters. The molecule has 4 nitrogen and oxygen atoms in total. The lowest BCUT2D eigenvalue weighted by Crippen LogP contribution is -2.07. The molecule has 0 fully saturated rings. The minimum Gasteiger partial charge on any atom is -0.380 e. The normalized spacial score (nSPS) is 10.8. The minimum absolute atomic E-state index is 0.579. The third-order valence-electron chi connectivity index (χ3n) is 3.26. The lowest BCUT2D eigenvalue weighted by molar-refractivity contribution is 0.185. The van der Waals surface area contributed by atoms with Crippen molar-refractivity contribution in [3.8, 4) is 0 Å². The van der Waals surface area contributed by atoms with Gasteiger partial charge in [-0.2, -0.15) is 5.10 Å². The SMILES string of the molecule is CCc1cc(CNc2cccc(Br)c2COC)n(C)n1. The highest BCUT2D eigenvalue weighted by Crippen LogP contribution is 2.26. The maximum absolute atomic E-state index is 5.26. The highest BCUT2D eigenvalue weighted by atomic mass is 79.9. The first kappa shape index (κ1) is 15.1. The maximum atomic E-state index is 5.26. The molecular weight excluding hydrogens is 318 g/mol. The second kappa shape index (κ2) is 6.90. The number of nitrogens with zero attached hydrogens (tertiary/aromatic N) is 2.